The van der Waals surface area contributed by atoms with Crippen molar-refractivity contribution in [2.24, 2.45) is 4.99 Å². The molecule has 2 aliphatic rings. The highest BCUT2D eigenvalue weighted by Crippen LogP contribution is 2.37. The third kappa shape index (κ3) is 4.91. The van der Waals surface area contributed by atoms with E-state index >= 15 is 0 Å². The summed E-state index contributed by atoms with van der Waals surface area (Å²) in [6, 6.07) is 15.6. The number of rotatable bonds is 6. The zero-order valence-corrected chi connectivity index (χ0v) is 21.9. The first-order chi connectivity index (χ1) is 17.7. The molecule has 2 N–H and O–H groups in total. The summed E-state index contributed by atoms with van der Waals surface area (Å²) < 4.78 is 1.79. The fourth-order valence-electron chi connectivity index (χ4n) is 4.88. The summed E-state index contributed by atoms with van der Waals surface area (Å²) in [4.78, 5) is 27.1. The summed E-state index contributed by atoms with van der Waals surface area (Å²) in [5, 5.41) is 17.9. The number of guanidine groups is 1. The number of carbonyl (C=O) groups is 1. The van der Waals surface area contributed by atoms with E-state index in [9.17, 15) is 9.90 Å². The Morgan fingerprint density at radius 2 is 1.89 bits per heavy atom. The van der Waals surface area contributed by atoms with Crippen LogP contribution in [0, 0.1) is 12.3 Å². The molecule has 192 valence electrons. The molecule has 0 radical (unpaired) electrons. The van der Waals surface area contributed by atoms with Gasteiger partial charge in [0.25, 0.3) is 5.91 Å². The smallest absolute Gasteiger partial charge is 0.281 e. The number of allylic oxidation sites excluding steroid dienone is 1. The molecule has 1 aromatic heterocycles. The normalized spacial score (nSPS) is 17.9. The molecule has 3 heterocycles. The summed E-state index contributed by atoms with van der Waals surface area (Å²) in [5.41, 5.74) is 2.93. The molecule has 0 spiro atoms. The Labute approximate surface area is 218 Å². The topological polar surface area (TPSA) is 97.8 Å². The number of hydrogen-bond acceptors (Lipinski definition) is 6. The SMILES string of the molecule is C=CC.CCN1C(=O)c2c(nc(C=N)n2Cc2ccc(O)c(C)c2)N2C[C@@](C)(Cc3ccccc3)N=C12. The maximum Gasteiger partial charge on any atom is 0.281 e. The van der Waals surface area contributed by atoms with Crippen molar-refractivity contribution in [3.63, 3.8) is 0 Å². The molecule has 8 nitrogen and oxygen atoms in total. The van der Waals surface area contributed by atoms with E-state index in [2.05, 4.69) is 25.6 Å². The van der Waals surface area contributed by atoms with E-state index in [1.54, 1.807) is 21.6 Å². The molecule has 0 saturated heterocycles. The van der Waals surface area contributed by atoms with E-state index in [0.29, 0.717) is 42.9 Å². The number of imidazole rings is 1. The van der Waals surface area contributed by atoms with Gasteiger partial charge >= 0.3 is 0 Å². The Morgan fingerprint density at radius 1 is 1.19 bits per heavy atom. The molecule has 0 saturated carbocycles. The predicted molar refractivity (Wildman–Crippen MR) is 148 cm³/mol. The van der Waals surface area contributed by atoms with Crippen molar-refractivity contribution in [2.45, 2.75) is 46.2 Å². The molecule has 2 aromatic carbocycles. The zero-order chi connectivity index (χ0) is 26.7. The fourth-order valence-corrected chi connectivity index (χ4v) is 4.88. The molecule has 0 aliphatic carbocycles. The minimum Gasteiger partial charge on any atom is -0.508 e. The second-order valence-corrected chi connectivity index (χ2v) is 9.61. The number of aromatic hydroxyl groups is 1. The lowest BCUT2D eigenvalue weighted by molar-refractivity contribution is 0.0836. The molecule has 2 aliphatic heterocycles. The van der Waals surface area contributed by atoms with Crippen LogP contribution in [-0.2, 0) is 13.0 Å². The number of anilines is 1. The van der Waals surface area contributed by atoms with Gasteiger partial charge in [0.15, 0.2) is 17.3 Å². The fraction of sp³-hybridized carbons (Fsp3) is 0.310. The average Bonchev–Trinajstić information content (AvgIpc) is 3.40. The van der Waals surface area contributed by atoms with Crippen molar-refractivity contribution in [2.75, 3.05) is 18.0 Å². The Bertz CT molecular complexity index is 1360. The van der Waals surface area contributed by atoms with Gasteiger partial charge < -0.3 is 15.1 Å². The molecule has 5 rings (SSSR count). The summed E-state index contributed by atoms with van der Waals surface area (Å²) in [6.45, 7) is 12.6. The summed E-state index contributed by atoms with van der Waals surface area (Å²) in [7, 11) is 0. The van der Waals surface area contributed by atoms with Gasteiger partial charge in [0.1, 0.15) is 5.75 Å². The second-order valence-electron chi connectivity index (χ2n) is 9.61. The Balaban J connectivity index is 0.00000102. The molecule has 1 atom stereocenters. The minimum absolute atomic E-state index is 0.160. The number of hydrogen-bond donors (Lipinski definition) is 2. The molecule has 8 heteroatoms. The molecular formula is C29H34N6O2. The van der Waals surface area contributed by atoms with Gasteiger partial charge in [0.2, 0.25) is 5.96 Å². The van der Waals surface area contributed by atoms with Crippen LogP contribution < -0.4 is 4.90 Å². The molecular weight excluding hydrogens is 464 g/mol. The second kappa shape index (κ2) is 10.4. The van der Waals surface area contributed by atoms with Gasteiger partial charge in [-0.05, 0) is 56.9 Å². The Morgan fingerprint density at radius 3 is 2.51 bits per heavy atom. The number of phenolic OH excluding ortho intramolecular Hbond substituents is 1. The summed E-state index contributed by atoms with van der Waals surface area (Å²) in [5.74, 6) is 1.66. The maximum atomic E-state index is 13.7. The number of aliphatic imine (C=N–C) groups is 1. The van der Waals surface area contributed by atoms with Crippen molar-refractivity contribution >= 4 is 23.9 Å². The van der Waals surface area contributed by atoms with Crippen molar-refractivity contribution in [3.8, 4) is 5.75 Å². The van der Waals surface area contributed by atoms with E-state index < -0.39 is 5.54 Å². The number of aromatic nitrogens is 2. The van der Waals surface area contributed by atoms with Gasteiger partial charge in [-0.15, -0.1) is 6.58 Å². The maximum absolute atomic E-state index is 13.7. The third-order valence-electron chi connectivity index (χ3n) is 6.51. The van der Waals surface area contributed by atoms with Crippen molar-refractivity contribution in [1.82, 2.24) is 14.5 Å². The standard InChI is InChI=1S/C26H28N6O2.C3H6/c1-4-30-24(34)22-23(28-21(14-27)31(22)15-19-10-11-20(33)17(2)12-19)32-16-26(3,29-25(30)32)13-18-8-6-5-7-9-18;1-3-2/h5-12,14,27,33H,4,13,15-16H2,1-3H3;3H,1H2,2H3/t26-;/m1./s1. The van der Waals surface area contributed by atoms with Crippen LogP contribution in [0.2, 0.25) is 0 Å². The first-order valence-corrected chi connectivity index (χ1v) is 12.4. The van der Waals surface area contributed by atoms with E-state index in [0.717, 1.165) is 17.5 Å². The average molecular weight is 499 g/mol. The van der Waals surface area contributed by atoms with E-state index in [1.807, 2.05) is 56.0 Å². The number of fused-ring (bicyclic) bond motifs is 3. The van der Waals surface area contributed by atoms with Crippen LogP contribution in [-0.4, -0.2) is 56.3 Å². The van der Waals surface area contributed by atoms with Gasteiger partial charge in [-0.25, -0.2) is 9.98 Å². The van der Waals surface area contributed by atoms with E-state index in [1.165, 1.54) is 11.8 Å². The monoisotopic (exact) mass is 498 g/mol. The van der Waals surface area contributed by atoms with Crippen molar-refractivity contribution in [3.05, 3.63) is 89.4 Å². The van der Waals surface area contributed by atoms with Crippen molar-refractivity contribution < 1.29 is 9.90 Å². The predicted octanol–water partition coefficient (Wildman–Crippen LogP) is 4.79. The molecule has 0 fully saturated rings. The van der Waals surface area contributed by atoms with Crippen molar-refractivity contribution in [1.29, 1.82) is 5.41 Å². The molecule has 0 unspecified atom stereocenters. The highest BCUT2D eigenvalue weighted by atomic mass is 16.3. The number of nitrogens with one attached hydrogen (secondary N) is 1. The lowest BCUT2D eigenvalue weighted by atomic mass is 9.94. The first-order valence-electron chi connectivity index (χ1n) is 12.4. The largest absolute Gasteiger partial charge is 0.508 e. The number of aryl methyl sites for hydroxylation is 1. The van der Waals surface area contributed by atoms with Gasteiger partial charge in [-0.1, -0.05) is 48.5 Å². The van der Waals surface area contributed by atoms with Crippen LogP contribution in [0.25, 0.3) is 0 Å². The number of phenols is 1. The Hall–Kier alpha value is -4.20. The highest BCUT2D eigenvalue weighted by molar-refractivity contribution is 6.18. The lowest BCUT2D eigenvalue weighted by Gasteiger charge is -2.33. The van der Waals surface area contributed by atoms with Crippen LogP contribution in [0.5, 0.6) is 5.75 Å². The van der Waals surface area contributed by atoms with E-state index in [-0.39, 0.29) is 11.7 Å². The van der Waals surface area contributed by atoms with Crippen LogP contribution in [0.15, 0.2) is 66.2 Å². The minimum atomic E-state index is -0.408. The first kappa shape index (κ1) is 25.9. The van der Waals surface area contributed by atoms with Gasteiger partial charge in [0, 0.05) is 13.1 Å². The lowest BCUT2D eigenvalue weighted by Crippen LogP contribution is -2.51. The molecule has 3 aromatic rings. The molecule has 1 amide bonds. The zero-order valence-electron chi connectivity index (χ0n) is 21.9. The summed E-state index contributed by atoms with van der Waals surface area (Å²) in [6.07, 6.45) is 3.69. The number of amides is 1. The highest BCUT2D eigenvalue weighted by Gasteiger charge is 2.47. The quantitative estimate of drug-likeness (QED) is 0.377. The summed E-state index contributed by atoms with van der Waals surface area (Å²) >= 11 is 0. The number of carbonyl (C=O) groups excluding carboxylic acids is 1. The van der Waals surface area contributed by atoms with Crippen LogP contribution in [0.1, 0.15) is 53.8 Å². The van der Waals surface area contributed by atoms with Crippen LogP contribution in [0.3, 0.4) is 0 Å². The molecule has 0 bridgehead atoms. The van der Waals surface area contributed by atoms with Gasteiger partial charge in [-0.3, -0.25) is 14.6 Å². The van der Waals surface area contributed by atoms with E-state index in [4.69, 9.17) is 15.4 Å². The third-order valence-corrected chi connectivity index (χ3v) is 6.51. The number of benzene rings is 2. The Kier molecular flexibility index (Phi) is 7.29. The molecule has 37 heavy (non-hydrogen) atoms. The van der Waals surface area contributed by atoms with Gasteiger partial charge in [-0.2, -0.15) is 0 Å². The van der Waals surface area contributed by atoms with Gasteiger partial charge in [0.05, 0.1) is 18.3 Å². The van der Waals surface area contributed by atoms with Crippen LogP contribution in [0.4, 0.5) is 5.82 Å². The van der Waals surface area contributed by atoms with Crippen LogP contribution >= 0.6 is 0 Å². The number of nitrogens with zero attached hydrogens (tertiary/aromatic N) is 5.